The zero-order valence-electron chi connectivity index (χ0n) is 11.7. The van der Waals surface area contributed by atoms with Crippen LogP contribution in [0.25, 0.3) is 16.9 Å². The molecule has 0 aliphatic rings. The molecular weight excluding hydrogens is 363 g/mol. The second kappa shape index (κ2) is 6.91. The van der Waals surface area contributed by atoms with Gasteiger partial charge in [-0.15, -0.1) is 0 Å². The van der Waals surface area contributed by atoms with E-state index in [-0.39, 0.29) is 19.9 Å². The van der Waals surface area contributed by atoms with Gasteiger partial charge >= 0.3 is 5.97 Å². The molecule has 0 N–H and O–H groups in total. The number of halogens is 2. The van der Waals surface area contributed by atoms with Gasteiger partial charge in [-0.2, -0.15) is 0 Å². The molecule has 0 amide bonds. The van der Waals surface area contributed by atoms with Crippen molar-refractivity contribution in [2.45, 2.75) is 14.4 Å². The van der Waals surface area contributed by atoms with Gasteiger partial charge in [-0.1, -0.05) is 7.43 Å². The molecule has 0 radical (unpaired) electrons. The Morgan fingerprint density at radius 1 is 1.26 bits per heavy atom. The van der Waals surface area contributed by atoms with E-state index < -0.39 is 5.97 Å². The largest absolute Gasteiger partial charge is 0.461 e. The predicted octanol–water partition coefficient (Wildman–Crippen LogP) is 4.72. The molecule has 3 rings (SSSR count). The third kappa shape index (κ3) is 3.27. The highest BCUT2D eigenvalue weighted by Gasteiger charge is 2.21. The Bertz CT molecular complexity index is 844. The number of esters is 1. The first-order chi connectivity index (χ1) is 10.6. The molecule has 1 aromatic carbocycles. The molecule has 0 fully saturated rings. The standard InChI is InChI=1S/C16H12BrFN2O2.CH4/c1-2-22-16(21)15-14(10-3-6-12(18)7-4-10)19-13-8-5-11(17)9-20(13)15;/h3-9H,2H2,1H3;1H4. The lowest BCUT2D eigenvalue weighted by Crippen LogP contribution is -2.09. The van der Waals surface area contributed by atoms with Crippen molar-refractivity contribution < 1.29 is 13.9 Å². The monoisotopic (exact) mass is 378 g/mol. The predicted molar refractivity (Wildman–Crippen MR) is 91.0 cm³/mol. The number of nitrogens with zero attached hydrogens (tertiary/aromatic N) is 2. The molecule has 6 heteroatoms. The Morgan fingerprint density at radius 3 is 2.61 bits per heavy atom. The van der Waals surface area contributed by atoms with Crippen LogP contribution < -0.4 is 0 Å². The maximum atomic E-state index is 13.1. The first kappa shape index (κ1) is 17.1. The van der Waals surface area contributed by atoms with Crippen LogP contribution in [0.2, 0.25) is 0 Å². The number of ether oxygens (including phenoxy) is 1. The van der Waals surface area contributed by atoms with Gasteiger partial charge in [0.2, 0.25) is 0 Å². The molecule has 3 aromatic rings. The average Bonchev–Trinajstić information content (AvgIpc) is 2.86. The number of carbonyl (C=O) groups is 1. The van der Waals surface area contributed by atoms with Crippen LogP contribution in [0.3, 0.4) is 0 Å². The van der Waals surface area contributed by atoms with Crippen molar-refractivity contribution in [1.29, 1.82) is 0 Å². The minimum atomic E-state index is -0.465. The van der Waals surface area contributed by atoms with E-state index in [2.05, 4.69) is 20.9 Å². The van der Waals surface area contributed by atoms with Crippen LogP contribution in [0.5, 0.6) is 0 Å². The number of hydrogen-bond donors (Lipinski definition) is 0. The Hall–Kier alpha value is -2.21. The quantitative estimate of drug-likeness (QED) is 0.619. The lowest BCUT2D eigenvalue weighted by Gasteiger charge is -2.05. The number of hydrogen-bond acceptors (Lipinski definition) is 3. The summed E-state index contributed by atoms with van der Waals surface area (Å²) in [6.07, 6.45) is 1.75. The number of imidazole rings is 1. The van der Waals surface area contributed by atoms with E-state index in [0.717, 1.165) is 4.47 Å². The molecule has 0 spiro atoms. The number of aromatic nitrogens is 2. The fraction of sp³-hybridized carbons (Fsp3) is 0.176. The first-order valence-electron chi connectivity index (χ1n) is 6.71. The summed E-state index contributed by atoms with van der Waals surface area (Å²) >= 11 is 3.38. The molecule has 0 bridgehead atoms. The van der Waals surface area contributed by atoms with Gasteiger partial charge in [0.1, 0.15) is 17.2 Å². The molecule has 120 valence electrons. The maximum Gasteiger partial charge on any atom is 0.357 e. The Morgan fingerprint density at radius 2 is 1.96 bits per heavy atom. The van der Waals surface area contributed by atoms with Gasteiger partial charge in [-0.3, -0.25) is 4.40 Å². The molecule has 2 aromatic heterocycles. The molecule has 0 atom stereocenters. The number of fused-ring (bicyclic) bond motifs is 1. The molecule has 0 unspecified atom stereocenters. The number of pyridine rings is 1. The summed E-state index contributed by atoms with van der Waals surface area (Å²) in [7, 11) is 0. The third-order valence-electron chi connectivity index (χ3n) is 3.17. The molecule has 23 heavy (non-hydrogen) atoms. The zero-order chi connectivity index (χ0) is 15.7. The summed E-state index contributed by atoms with van der Waals surface area (Å²) < 4.78 is 20.7. The van der Waals surface area contributed by atoms with E-state index in [0.29, 0.717) is 22.6 Å². The lowest BCUT2D eigenvalue weighted by atomic mass is 10.1. The fourth-order valence-corrected chi connectivity index (χ4v) is 2.56. The molecule has 4 nitrogen and oxygen atoms in total. The van der Waals surface area contributed by atoms with Crippen LogP contribution in [-0.2, 0) is 4.74 Å². The van der Waals surface area contributed by atoms with Gasteiger partial charge in [0.15, 0.2) is 5.69 Å². The minimum Gasteiger partial charge on any atom is -0.461 e. The summed E-state index contributed by atoms with van der Waals surface area (Å²) in [5, 5.41) is 0. The van der Waals surface area contributed by atoms with Crippen LogP contribution in [0.4, 0.5) is 4.39 Å². The van der Waals surface area contributed by atoms with Crippen LogP contribution in [-0.4, -0.2) is 22.0 Å². The van der Waals surface area contributed by atoms with Gasteiger partial charge in [0, 0.05) is 16.2 Å². The van der Waals surface area contributed by atoms with E-state index in [1.54, 1.807) is 35.7 Å². The lowest BCUT2D eigenvalue weighted by molar-refractivity contribution is 0.0519. The highest BCUT2D eigenvalue weighted by atomic mass is 79.9. The van der Waals surface area contributed by atoms with Crippen molar-refractivity contribution in [3.8, 4) is 11.3 Å². The highest BCUT2D eigenvalue weighted by Crippen LogP contribution is 2.26. The zero-order valence-corrected chi connectivity index (χ0v) is 13.3. The van der Waals surface area contributed by atoms with Crippen molar-refractivity contribution in [3.05, 3.63) is 58.6 Å². The minimum absolute atomic E-state index is 0. The molecule has 0 aliphatic carbocycles. The second-order valence-electron chi connectivity index (χ2n) is 4.61. The molecule has 2 heterocycles. The van der Waals surface area contributed by atoms with Crippen molar-refractivity contribution in [1.82, 2.24) is 9.38 Å². The summed E-state index contributed by atoms with van der Waals surface area (Å²) in [4.78, 5) is 16.8. The average molecular weight is 379 g/mol. The van der Waals surface area contributed by atoms with Crippen molar-refractivity contribution >= 4 is 27.5 Å². The van der Waals surface area contributed by atoms with Gasteiger partial charge in [-0.05, 0) is 59.3 Å². The number of benzene rings is 1. The topological polar surface area (TPSA) is 43.6 Å². The van der Waals surface area contributed by atoms with Crippen LogP contribution in [0.1, 0.15) is 24.8 Å². The first-order valence-corrected chi connectivity index (χ1v) is 7.50. The smallest absolute Gasteiger partial charge is 0.357 e. The maximum absolute atomic E-state index is 13.1. The number of carbonyl (C=O) groups excluding carboxylic acids is 1. The molecule has 0 saturated heterocycles. The van der Waals surface area contributed by atoms with E-state index in [1.807, 2.05) is 6.07 Å². The Kier molecular flexibility index (Phi) is 5.15. The van der Waals surface area contributed by atoms with E-state index >= 15 is 0 Å². The SMILES string of the molecule is C.CCOC(=O)c1c(-c2ccc(F)cc2)nc2ccc(Br)cn12. The van der Waals surface area contributed by atoms with Gasteiger partial charge in [-0.25, -0.2) is 14.2 Å². The van der Waals surface area contributed by atoms with Crippen molar-refractivity contribution in [2.75, 3.05) is 6.61 Å². The summed E-state index contributed by atoms with van der Waals surface area (Å²) in [5.74, 6) is -0.805. The van der Waals surface area contributed by atoms with E-state index in [4.69, 9.17) is 4.74 Å². The number of rotatable bonds is 3. The van der Waals surface area contributed by atoms with Crippen LogP contribution >= 0.6 is 15.9 Å². The Balaban J connectivity index is 0.00000192. The summed E-state index contributed by atoms with van der Waals surface area (Å²) in [6.45, 7) is 2.01. The van der Waals surface area contributed by atoms with E-state index in [9.17, 15) is 9.18 Å². The molecule has 0 aliphatic heterocycles. The van der Waals surface area contributed by atoms with Gasteiger partial charge in [0.05, 0.1) is 6.61 Å². The van der Waals surface area contributed by atoms with E-state index in [1.165, 1.54) is 12.1 Å². The summed E-state index contributed by atoms with van der Waals surface area (Å²) in [5.41, 5.74) is 2.07. The highest BCUT2D eigenvalue weighted by molar-refractivity contribution is 9.10. The Labute approximate surface area is 142 Å². The second-order valence-corrected chi connectivity index (χ2v) is 5.53. The fourth-order valence-electron chi connectivity index (χ4n) is 2.22. The normalized spacial score (nSPS) is 10.4. The van der Waals surface area contributed by atoms with Crippen LogP contribution in [0.15, 0.2) is 47.1 Å². The van der Waals surface area contributed by atoms with Crippen LogP contribution in [0, 0.1) is 5.82 Å². The van der Waals surface area contributed by atoms with Gasteiger partial charge in [0.25, 0.3) is 0 Å². The van der Waals surface area contributed by atoms with Crippen molar-refractivity contribution in [3.63, 3.8) is 0 Å². The molecular formula is C17H16BrFN2O2. The van der Waals surface area contributed by atoms with Crippen molar-refractivity contribution in [2.24, 2.45) is 0 Å². The summed E-state index contributed by atoms with van der Waals surface area (Å²) in [6, 6.07) is 9.49. The third-order valence-corrected chi connectivity index (χ3v) is 3.64. The molecule has 0 saturated carbocycles. The van der Waals surface area contributed by atoms with Gasteiger partial charge < -0.3 is 4.74 Å².